The average molecular weight is 342 g/mol. The van der Waals surface area contributed by atoms with E-state index >= 15 is 0 Å². The highest BCUT2D eigenvalue weighted by Crippen LogP contribution is 2.38. The van der Waals surface area contributed by atoms with Crippen molar-refractivity contribution in [3.8, 4) is 5.75 Å². The van der Waals surface area contributed by atoms with Crippen molar-refractivity contribution in [1.29, 1.82) is 0 Å². The molecule has 1 heterocycles. The van der Waals surface area contributed by atoms with Crippen LogP contribution in [0.1, 0.15) is 31.4 Å². The molecule has 7 heteroatoms. The Labute approximate surface area is 146 Å². The van der Waals surface area contributed by atoms with Crippen LogP contribution in [-0.4, -0.2) is 28.7 Å². The summed E-state index contributed by atoms with van der Waals surface area (Å²) in [5.41, 5.74) is 1.47. The highest BCUT2D eigenvalue weighted by Gasteiger charge is 2.25. The molecule has 0 aliphatic heterocycles. The van der Waals surface area contributed by atoms with Gasteiger partial charge in [0.05, 0.1) is 18.6 Å². The number of nitrogens with zero attached hydrogens (tertiary/aromatic N) is 2. The molecular formula is C18H22N4O3. The molecule has 7 nitrogen and oxygen atoms in total. The van der Waals surface area contributed by atoms with E-state index in [2.05, 4.69) is 15.6 Å². The number of hydrogen-bond acceptors (Lipinski definition) is 4. The number of rotatable bonds is 7. The summed E-state index contributed by atoms with van der Waals surface area (Å²) in [7, 11) is 0. The first-order chi connectivity index (χ1) is 12.2. The van der Waals surface area contributed by atoms with Crippen LogP contribution >= 0.6 is 0 Å². The monoisotopic (exact) mass is 342 g/mol. The van der Waals surface area contributed by atoms with Crippen LogP contribution in [0.25, 0.3) is 0 Å². The van der Waals surface area contributed by atoms with Gasteiger partial charge < -0.3 is 15.4 Å². The number of amides is 2. The van der Waals surface area contributed by atoms with Gasteiger partial charge in [-0.05, 0) is 44.0 Å². The van der Waals surface area contributed by atoms with Gasteiger partial charge in [-0.2, -0.15) is 0 Å². The third-order valence-corrected chi connectivity index (χ3v) is 3.96. The van der Waals surface area contributed by atoms with E-state index in [1.54, 1.807) is 36.7 Å². The van der Waals surface area contributed by atoms with Crippen LogP contribution in [0.3, 0.4) is 0 Å². The standard InChI is InChI=1S/C18H22N4O3/c1-2-25-15-7-5-14(6-8-15)21-18(24)19-9-10-22-12-20-16(11-17(22)23)13-3-4-13/h5-8,11-13H,2-4,9-10H2,1H3,(H2,19,21,24). The molecule has 132 valence electrons. The first-order valence-electron chi connectivity index (χ1n) is 8.50. The summed E-state index contributed by atoms with van der Waals surface area (Å²) in [6, 6.07) is 8.42. The van der Waals surface area contributed by atoms with Gasteiger partial charge in [0.25, 0.3) is 5.56 Å². The molecule has 0 bridgehead atoms. The van der Waals surface area contributed by atoms with E-state index in [1.165, 1.54) is 4.57 Å². The van der Waals surface area contributed by atoms with E-state index in [-0.39, 0.29) is 11.6 Å². The van der Waals surface area contributed by atoms with E-state index in [0.29, 0.717) is 31.3 Å². The summed E-state index contributed by atoms with van der Waals surface area (Å²) in [6.45, 7) is 3.24. The summed E-state index contributed by atoms with van der Waals surface area (Å²) in [6.07, 6.45) is 3.79. The van der Waals surface area contributed by atoms with E-state index in [9.17, 15) is 9.59 Å². The number of aromatic nitrogens is 2. The van der Waals surface area contributed by atoms with Gasteiger partial charge in [-0.25, -0.2) is 9.78 Å². The van der Waals surface area contributed by atoms with Crippen molar-refractivity contribution in [2.24, 2.45) is 0 Å². The quantitative estimate of drug-likeness (QED) is 0.809. The molecule has 2 aromatic rings. The van der Waals surface area contributed by atoms with Crippen LogP contribution in [-0.2, 0) is 6.54 Å². The molecule has 0 atom stereocenters. The Morgan fingerprint density at radius 1 is 1.32 bits per heavy atom. The second-order valence-electron chi connectivity index (χ2n) is 5.96. The van der Waals surface area contributed by atoms with Gasteiger partial charge in [-0.3, -0.25) is 9.36 Å². The highest BCUT2D eigenvalue weighted by atomic mass is 16.5. The number of benzene rings is 1. The lowest BCUT2D eigenvalue weighted by Gasteiger charge is -2.10. The molecule has 0 radical (unpaired) electrons. The van der Waals surface area contributed by atoms with Crippen molar-refractivity contribution in [1.82, 2.24) is 14.9 Å². The molecular weight excluding hydrogens is 320 g/mol. The Kier molecular flexibility index (Phi) is 5.33. The maximum Gasteiger partial charge on any atom is 0.319 e. The van der Waals surface area contributed by atoms with Crippen LogP contribution in [0.4, 0.5) is 10.5 Å². The predicted octanol–water partition coefficient (Wildman–Crippen LogP) is 2.34. The second kappa shape index (κ2) is 7.83. The van der Waals surface area contributed by atoms with Crippen molar-refractivity contribution in [3.05, 3.63) is 52.7 Å². The Bertz CT molecular complexity index is 782. The minimum absolute atomic E-state index is 0.0781. The average Bonchev–Trinajstić information content (AvgIpc) is 3.43. The van der Waals surface area contributed by atoms with Crippen molar-refractivity contribution < 1.29 is 9.53 Å². The van der Waals surface area contributed by atoms with Gasteiger partial charge in [-0.15, -0.1) is 0 Å². The molecule has 1 aliphatic carbocycles. The van der Waals surface area contributed by atoms with Crippen LogP contribution in [0.2, 0.25) is 0 Å². The minimum atomic E-state index is -0.320. The predicted molar refractivity (Wildman–Crippen MR) is 95.1 cm³/mol. The SMILES string of the molecule is CCOc1ccc(NC(=O)NCCn2cnc(C3CC3)cc2=O)cc1. The van der Waals surface area contributed by atoms with Gasteiger partial charge >= 0.3 is 6.03 Å². The number of nitrogens with one attached hydrogen (secondary N) is 2. The lowest BCUT2D eigenvalue weighted by Crippen LogP contribution is -2.33. The van der Waals surface area contributed by atoms with E-state index < -0.39 is 0 Å². The molecule has 25 heavy (non-hydrogen) atoms. The van der Waals surface area contributed by atoms with Crippen molar-refractivity contribution in [2.45, 2.75) is 32.2 Å². The van der Waals surface area contributed by atoms with Gasteiger partial charge in [-0.1, -0.05) is 0 Å². The third-order valence-electron chi connectivity index (χ3n) is 3.96. The number of anilines is 1. The molecule has 0 unspecified atom stereocenters. The second-order valence-corrected chi connectivity index (χ2v) is 5.96. The zero-order valence-electron chi connectivity index (χ0n) is 14.2. The third kappa shape index (κ3) is 4.82. The maximum atomic E-state index is 12.0. The summed E-state index contributed by atoms with van der Waals surface area (Å²) in [4.78, 5) is 28.2. The van der Waals surface area contributed by atoms with Crippen molar-refractivity contribution in [2.75, 3.05) is 18.5 Å². The molecule has 3 rings (SSSR count). The first-order valence-corrected chi connectivity index (χ1v) is 8.50. The van der Waals surface area contributed by atoms with Gasteiger partial charge in [0.2, 0.25) is 0 Å². The molecule has 2 amide bonds. The number of urea groups is 1. The Hall–Kier alpha value is -2.83. The number of hydrogen-bond donors (Lipinski definition) is 2. The molecule has 0 saturated heterocycles. The zero-order chi connectivity index (χ0) is 17.6. The highest BCUT2D eigenvalue weighted by molar-refractivity contribution is 5.89. The largest absolute Gasteiger partial charge is 0.494 e. The topological polar surface area (TPSA) is 85.2 Å². The fourth-order valence-electron chi connectivity index (χ4n) is 2.48. The Morgan fingerprint density at radius 2 is 2.08 bits per heavy atom. The summed E-state index contributed by atoms with van der Waals surface area (Å²) >= 11 is 0. The number of ether oxygens (including phenoxy) is 1. The van der Waals surface area contributed by atoms with Crippen LogP contribution in [0.5, 0.6) is 5.75 Å². The number of carbonyl (C=O) groups excluding carboxylic acids is 1. The molecule has 0 spiro atoms. The fourth-order valence-corrected chi connectivity index (χ4v) is 2.48. The number of carbonyl (C=O) groups is 1. The molecule has 1 fully saturated rings. The molecule has 1 aromatic heterocycles. The molecule has 1 saturated carbocycles. The fraction of sp³-hybridized carbons (Fsp3) is 0.389. The van der Waals surface area contributed by atoms with Crippen molar-refractivity contribution >= 4 is 11.7 Å². The molecule has 1 aliphatic rings. The Balaban J connectivity index is 1.45. The van der Waals surface area contributed by atoms with E-state index in [4.69, 9.17) is 4.74 Å². The normalized spacial score (nSPS) is 13.3. The van der Waals surface area contributed by atoms with Crippen molar-refractivity contribution in [3.63, 3.8) is 0 Å². The smallest absolute Gasteiger partial charge is 0.319 e. The van der Waals surface area contributed by atoms with E-state index in [0.717, 1.165) is 24.3 Å². The summed E-state index contributed by atoms with van der Waals surface area (Å²) in [5, 5.41) is 5.46. The lowest BCUT2D eigenvalue weighted by molar-refractivity contribution is 0.251. The van der Waals surface area contributed by atoms with E-state index in [1.807, 2.05) is 6.92 Å². The summed E-state index contributed by atoms with van der Waals surface area (Å²) < 4.78 is 6.85. The summed E-state index contributed by atoms with van der Waals surface area (Å²) in [5.74, 6) is 1.22. The lowest BCUT2D eigenvalue weighted by atomic mass is 10.3. The van der Waals surface area contributed by atoms with Crippen LogP contribution in [0.15, 0.2) is 41.5 Å². The van der Waals surface area contributed by atoms with Crippen LogP contribution in [0, 0.1) is 0 Å². The maximum absolute atomic E-state index is 12.0. The first kappa shape index (κ1) is 17.0. The zero-order valence-corrected chi connectivity index (χ0v) is 14.2. The van der Waals surface area contributed by atoms with Gasteiger partial charge in [0.1, 0.15) is 5.75 Å². The van der Waals surface area contributed by atoms with Crippen LogP contribution < -0.4 is 20.9 Å². The van der Waals surface area contributed by atoms with Gasteiger partial charge in [0, 0.05) is 30.8 Å². The van der Waals surface area contributed by atoms with Gasteiger partial charge in [0.15, 0.2) is 0 Å². The molecule has 1 aromatic carbocycles. The minimum Gasteiger partial charge on any atom is -0.494 e. The Morgan fingerprint density at radius 3 is 2.72 bits per heavy atom. The molecule has 2 N–H and O–H groups in total.